The van der Waals surface area contributed by atoms with E-state index in [1.165, 1.54) is 12.8 Å². The number of rotatable bonds is 10. The summed E-state index contributed by atoms with van der Waals surface area (Å²) in [5, 5.41) is 4.04. The van der Waals surface area contributed by atoms with Crippen LogP contribution in [0.15, 0.2) is 5.16 Å². The van der Waals surface area contributed by atoms with Crippen LogP contribution in [-0.4, -0.2) is 18.1 Å². The largest absolute Gasteiger partial charge is 0.396 e. The zero-order valence-corrected chi connectivity index (χ0v) is 10.9. The molecule has 16 heavy (non-hydrogen) atoms. The van der Waals surface area contributed by atoms with Crippen LogP contribution in [0.2, 0.25) is 0 Å². The molecule has 0 spiro atoms. The molecule has 0 saturated heterocycles. The first-order valence-electron chi connectivity index (χ1n) is 6.31. The van der Waals surface area contributed by atoms with Crippen molar-refractivity contribution in [3.05, 3.63) is 0 Å². The van der Waals surface area contributed by atoms with Crippen LogP contribution < -0.4 is 0 Å². The fraction of sp³-hybridized carbons (Fsp3) is 0.846. The average molecular weight is 227 g/mol. The number of Topliss-reactive ketones (excluding diaryl/α,β-unsaturated/α-hetero) is 1. The molecule has 0 aliphatic heterocycles. The minimum atomic E-state index is 0.273. The van der Waals surface area contributed by atoms with E-state index in [1.54, 1.807) is 6.92 Å². The Bertz CT molecular complexity index is 212. The van der Waals surface area contributed by atoms with Crippen LogP contribution >= 0.6 is 0 Å². The van der Waals surface area contributed by atoms with Gasteiger partial charge in [-0.3, -0.25) is 0 Å². The van der Waals surface area contributed by atoms with E-state index in [4.69, 9.17) is 4.84 Å². The summed E-state index contributed by atoms with van der Waals surface area (Å²) >= 11 is 0. The normalized spacial score (nSPS) is 11.6. The lowest BCUT2D eigenvalue weighted by atomic mass is 10.1. The van der Waals surface area contributed by atoms with Crippen LogP contribution in [0, 0.1) is 0 Å². The summed E-state index contributed by atoms with van der Waals surface area (Å²) in [4.78, 5) is 15.9. The lowest BCUT2D eigenvalue weighted by molar-refractivity contribution is -0.117. The van der Waals surface area contributed by atoms with Crippen molar-refractivity contribution in [3.8, 4) is 0 Å². The number of carbonyl (C=O) groups is 1. The van der Waals surface area contributed by atoms with E-state index in [0.717, 1.165) is 31.4 Å². The standard InChI is InChI=1S/C13H25NO2/c1-4-5-9-12(2)14-16-11-8-6-7-10-13(3)15/h4-11H2,1-3H3/b14-12+. The first kappa shape index (κ1) is 15.1. The van der Waals surface area contributed by atoms with Crippen molar-refractivity contribution >= 4 is 11.5 Å². The summed E-state index contributed by atoms with van der Waals surface area (Å²) in [6.07, 6.45) is 7.09. The third-order valence-corrected chi connectivity index (χ3v) is 2.38. The topological polar surface area (TPSA) is 38.7 Å². The molecule has 0 unspecified atom stereocenters. The van der Waals surface area contributed by atoms with Gasteiger partial charge in [0.25, 0.3) is 0 Å². The van der Waals surface area contributed by atoms with E-state index in [9.17, 15) is 4.79 Å². The molecular formula is C13H25NO2. The Morgan fingerprint density at radius 3 is 2.44 bits per heavy atom. The lowest BCUT2D eigenvalue weighted by Crippen LogP contribution is -1.96. The van der Waals surface area contributed by atoms with Crippen molar-refractivity contribution in [1.82, 2.24) is 0 Å². The van der Waals surface area contributed by atoms with Crippen LogP contribution in [0.4, 0.5) is 0 Å². The maximum absolute atomic E-state index is 10.7. The predicted octanol–water partition coefficient (Wildman–Crippen LogP) is 3.72. The number of hydrogen-bond donors (Lipinski definition) is 0. The van der Waals surface area contributed by atoms with E-state index < -0.39 is 0 Å². The molecule has 0 bridgehead atoms. The third kappa shape index (κ3) is 11.2. The van der Waals surface area contributed by atoms with Gasteiger partial charge in [-0.05, 0) is 46.0 Å². The molecule has 3 heteroatoms. The van der Waals surface area contributed by atoms with Gasteiger partial charge in [-0.1, -0.05) is 18.5 Å². The van der Waals surface area contributed by atoms with E-state index in [-0.39, 0.29) is 5.78 Å². The van der Waals surface area contributed by atoms with Crippen molar-refractivity contribution in [2.24, 2.45) is 5.16 Å². The van der Waals surface area contributed by atoms with Crippen molar-refractivity contribution in [2.45, 2.75) is 65.7 Å². The molecule has 0 aromatic heterocycles. The molecule has 0 heterocycles. The average Bonchev–Trinajstić information content (AvgIpc) is 2.24. The summed E-state index contributed by atoms with van der Waals surface area (Å²) in [7, 11) is 0. The van der Waals surface area contributed by atoms with E-state index in [0.29, 0.717) is 13.0 Å². The minimum Gasteiger partial charge on any atom is -0.396 e. The van der Waals surface area contributed by atoms with E-state index in [1.807, 2.05) is 6.92 Å². The zero-order chi connectivity index (χ0) is 12.2. The summed E-state index contributed by atoms with van der Waals surface area (Å²) < 4.78 is 0. The lowest BCUT2D eigenvalue weighted by Gasteiger charge is -2.01. The number of ketones is 1. The molecule has 0 amide bonds. The summed E-state index contributed by atoms with van der Waals surface area (Å²) in [6.45, 7) is 6.48. The van der Waals surface area contributed by atoms with Gasteiger partial charge in [-0.25, -0.2) is 0 Å². The van der Waals surface area contributed by atoms with Gasteiger partial charge in [0.2, 0.25) is 0 Å². The highest BCUT2D eigenvalue weighted by molar-refractivity contribution is 5.81. The molecule has 0 atom stereocenters. The Hall–Kier alpha value is -0.860. The highest BCUT2D eigenvalue weighted by atomic mass is 16.6. The summed E-state index contributed by atoms with van der Waals surface area (Å²) in [5.41, 5.74) is 1.07. The second-order valence-corrected chi connectivity index (χ2v) is 4.28. The number of oxime groups is 1. The predicted molar refractivity (Wildman–Crippen MR) is 67.7 cm³/mol. The molecule has 0 rings (SSSR count). The van der Waals surface area contributed by atoms with E-state index >= 15 is 0 Å². The van der Waals surface area contributed by atoms with Crippen LogP contribution in [0.25, 0.3) is 0 Å². The first-order chi connectivity index (χ1) is 7.66. The molecule has 94 valence electrons. The van der Waals surface area contributed by atoms with Crippen LogP contribution in [-0.2, 0) is 9.63 Å². The van der Waals surface area contributed by atoms with Crippen molar-refractivity contribution in [1.29, 1.82) is 0 Å². The van der Waals surface area contributed by atoms with Gasteiger partial charge in [0.1, 0.15) is 12.4 Å². The van der Waals surface area contributed by atoms with Gasteiger partial charge in [-0.2, -0.15) is 0 Å². The number of carbonyl (C=O) groups excluding carboxylic acids is 1. The second kappa shape index (κ2) is 10.7. The molecule has 0 N–H and O–H groups in total. The molecule has 0 radical (unpaired) electrons. The van der Waals surface area contributed by atoms with Gasteiger partial charge in [0.05, 0.1) is 5.71 Å². The zero-order valence-electron chi connectivity index (χ0n) is 10.9. The molecule has 0 aliphatic carbocycles. The number of hydrogen-bond acceptors (Lipinski definition) is 3. The second-order valence-electron chi connectivity index (χ2n) is 4.28. The Labute approximate surface area is 99.2 Å². The molecular weight excluding hydrogens is 202 g/mol. The molecule has 0 aromatic rings. The fourth-order valence-electron chi connectivity index (χ4n) is 1.35. The first-order valence-corrected chi connectivity index (χ1v) is 6.31. The van der Waals surface area contributed by atoms with Crippen molar-refractivity contribution in [3.63, 3.8) is 0 Å². The number of unbranched alkanes of at least 4 members (excludes halogenated alkanes) is 3. The van der Waals surface area contributed by atoms with Crippen molar-refractivity contribution < 1.29 is 9.63 Å². The maximum Gasteiger partial charge on any atom is 0.129 e. The van der Waals surface area contributed by atoms with Gasteiger partial charge in [0, 0.05) is 6.42 Å². The monoisotopic (exact) mass is 227 g/mol. The van der Waals surface area contributed by atoms with E-state index in [2.05, 4.69) is 12.1 Å². The third-order valence-electron chi connectivity index (χ3n) is 2.38. The molecule has 3 nitrogen and oxygen atoms in total. The SMILES string of the molecule is CCCC/C(C)=N/OCCCCCC(C)=O. The highest BCUT2D eigenvalue weighted by Gasteiger charge is 1.95. The Kier molecular flexibility index (Phi) is 10.1. The van der Waals surface area contributed by atoms with Crippen LogP contribution in [0.5, 0.6) is 0 Å². The Morgan fingerprint density at radius 1 is 1.06 bits per heavy atom. The Balaban J connectivity index is 3.28. The smallest absolute Gasteiger partial charge is 0.129 e. The van der Waals surface area contributed by atoms with Gasteiger partial charge < -0.3 is 9.63 Å². The highest BCUT2D eigenvalue weighted by Crippen LogP contribution is 2.02. The fourth-order valence-corrected chi connectivity index (χ4v) is 1.35. The van der Waals surface area contributed by atoms with Gasteiger partial charge >= 0.3 is 0 Å². The van der Waals surface area contributed by atoms with Gasteiger partial charge in [-0.15, -0.1) is 0 Å². The number of nitrogens with zero attached hydrogens (tertiary/aromatic N) is 1. The minimum absolute atomic E-state index is 0.273. The Morgan fingerprint density at radius 2 is 1.81 bits per heavy atom. The molecule has 0 fully saturated rings. The van der Waals surface area contributed by atoms with Gasteiger partial charge in [0.15, 0.2) is 0 Å². The van der Waals surface area contributed by atoms with Crippen LogP contribution in [0.3, 0.4) is 0 Å². The molecule has 0 aliphatic rings. The maximum atomic E-state index is 10.7. The van der Waals surface area contributed by atoms with Crippen LogP contribution in [0.1, 0.15) is 65.7 Å². The molecule has 0 aromatic carbocycles. The summed E-state index contributed by atoms with van der Waals surface area (Å²) in [5.74, 6) is 0.273. The quantitative estimate of drug-likeness (QED) is 0.324. The van der Waals surface area contributed by atoms with Crippen molar-refractivity contribution in [2.75, 3.05) is 6.61 Å². The summed E-state index contributed by atoms with van der Waals surface area (Å²) in [6, 6.07) is 0. The molecule has 0 saturated carbocycles.